The van der Waals surface area contributed by atoms with Crippen molar-refractivity contribution >= 4 is 23.2 Å². The van der Waals surface area contributed by atoms with Crippen molar-refractivity contribution in [2.75, 3.05) is 24.3 Å². The minimum Gasteiger partial charge on any atom is -0.378 e. The van der Waals surface area contributed by atoms with Crippen molar-refractivity contribution in [3.8, 4) is 0 Å². The number of allylic oxidation sites excluding steroid dienone is 2. The minimum atomic E-state index is -0.0554. The Kier molecular flexibility index (Phi) is 5.55. The molecule has 0 aliphatic heterocycles. The van der Waals surface area contributed by atoms with Gasteiger partial charge in [-0.1, -0.05) is 36.4 Å². The minimum absolute atomic E-state index is 0.0554. The van der Waals surface area contributed by atoms with Crippen LogP contribution in [0.25, 0.3) is 6.08 Å². The number of benzene rings is 2. The summed E-state index contributed by atoms with van der Waals surface area (Å²) < 4.78 is 0. The molecule has 0 aromatic heterocycles. The fraction of sp³-hybridized carbons (Fsp3) is 0.105. The second-order valence-electron chi connectivity index (χ2n) is 5.07. The number of hydrogen-bond acceptors (Lipinski definition) is 3. The molecule has 0 atom stereocenters. The van der Waals surface area contributed by atoms with Gasteiger partial charge < -0.3 is 10.2 Å². The summed E-state index contributed by atoms with van der Waals surface area (Å²) in [6.45, 7) is 0. The van der Waals surface area contributed by atoms with Crippen LogP contribution < -0.4 is 10.2 Å². The summed E-state index contributed by atoms with van der Waals surface area (Å²) in [4.78, 5) is 13.8. The molecule has 3 heteroatoms. The van der Waals surface area contributed by atoms with Crippen molar-refractivity contribution in [2.45, 2.75) is 0 Å². The van der Waals surface area contributed by atoms with E-state index in [2.05, 4.69) is 5.32 Å². The molecule has 2 aromatic carbocycles. The first-order chi connectivity index (χ1) is 10.6. The molecule has 0 bridgehead atoms. The fourth-order valence-corrected chi connectivity index (χ4v) is 1.87. The zero-order valence-electron chi connectivity index (χ0n) is 12.9. The van der Waals surface area contributed by atoms with Crippen LogP contribution in [0.1, 0.15) is 5.56 Å². The number of hydrogen-bond donors (Lipinski definition) is 1. The number of para-hydroxylation sites is 1. The molecule has 0 heterocycles. The lowest BCUT2D eigenvalue weighted by molar-refractivity contribution is -0.110. The van der Waals surface area contributed by atoms with Crippen LogP contribution in [0.5, 0.6) is 0 Å². The molecule has 112 valence electrons. The Balaban J connectivity index is 1.88. The zero-order chi connectivity index (χ0) is 15.8. The van der Waals surface area contributed by atoms with E-state index in [1.807, 2.05) is 79.7 Å². The van der Waals surface area contributed by atoms with Crippen LogP contribution in [0, 0.1) is 0 Å². The smallest absolute Gasteiger partial charge is 0.180 e. The summed E-state index contributed by atoms with van der Waals surface area (Å²) in [5.74, 6) is -0.0554. The average molecular weight is 292 g/mol. The van der Waals surface area contributed by atoms with Crippen LogP contribution in [-0.2, 0) is 4.79 Å². The Morgan fingerprint density at radius 1 is 0.955 bits per heavy atom. The third-order valence-corrected chi connectivity index (χ3v) is 3.12. The highest BCUT2D eigenvalue weighted by Gasteiger charge is 1.94. The van der Waals surface area contributed by atoms with E-state index in [0.29, 0.717) is 0 Å². The lowest BCUT2D eigenvalue weighted by Crippen LogP contribution is -2.07. The van der Waals surface area contributed by atoms with Crippen molar-refractivity contribution in [2.24, 2.45) is 0 Å². The van der Waals surface area contributed by atoms with Crippen molar-refractivity contribution in [3.63, 3.8) is 0 Å². The van der Waals surface area contributed by atoms with Gasteiger partial charge in [0, 0.05) is 37.7 Å². The maximum atomic E-state index is 11.8. The molecule has 3 nitrogen and oxygen atoms in total. The molecule has 2 rings (SSSR count). The van der Waals surface area contributed by atoms with Gasteiger partial charge in [-0.3, -0.25) is 4.79 Å². The first-order valence-electron chi connectivity index (χ1n) is 7.13. The highest BCUT2D eigenvalue weighted by atomic mass is 16.1. The van der Waals surface area contributed by atoms with E-state index in [-0.39, 0.29) is 5.78 Å². The van der Waals surface area contributed by atoms with E-state index in [1.165, 1.54) is 6.08 Å². The Labute approximate surface area is 131 Å². The number of nitrogens with zero attached hydrogens (tertiary/aromatic N) is 1. The van der Waals surface area contributed by atoms with Gasteiger partial charge in [-0.25, -0.2) is 0 Å². The van der Waals surface area contributed by atoms with E-state index in [4.69, 9.17) is 0 Å². The molecule has 22 heavy (non-hydrogen) atoms. The second kappa shape index (κ2) is 7.84. The van der Waals surface area contributed by atoms with Gasteiger partial charge in [-0.15, -0.1) is 0 Å². The van der Waals surface area contributed by atoms with Crippen molar-refractivity contribution in [3.05, 3.63) is 78.5 Å². The molecule has 0 saturated carbocycles. The third-order valence-electron chi connectivity index (χ3n) is 3.12. The number of anilines is 2. The Morgan fingerprint density at radius 3 is 2.27 bits per heavy atom. The first-order valence-corrected chi connectivity index (χ1v) is 7.13. The quantitative estimate of drug-likeness (QED) is 0.818. The highest BCUT2D eigenvalue weighted by molar-refractivity contribution is 6.02. The van der Waals surface area contributed by atoms with Crippen molar-refractivity contribution < 1.29 is 4.79 Å². The highest BCUT2D eigenvalue weighted by Crippen LogP contribution is 2.13. The molecule has 2 aromatic rings. The van der Waals surface area contributed by atoms with E-state index in [1.54, 1.807) is 12.3 Å². The van der Waals surface area contributed by atoms with Gasteiger partial charge in [0.1, 0.15) is 0 Å². The first kappa shape index (κ1) is 15.6. The van der Waals surface area contributed by atoms with Gasteiger partial charge in [0.2, 0.25) is 0 Å². The normalized spacial score (nSPS) is 11.0. The predicted molar refractivity (Wildman–Crippen MR) is 94.0 cm³/mol. The Bertz CT molecular complexity index is 656. The molecule has 0 fully saturated rings. The Morgan fingerprint density at radius 2 is 1.64 bits per heavy atom. The van der Waals surface area contributed by atoms with Gasteiger partial charge in [-0.2, -0.15) is 0 Å². The van der Waals surface area contributed by atoms with Gasteiger partial charge in [0.15, 0.2) is 5.78 Å². The van der Waals surface area contributed by atoms with E-state index in [9.17, 15) is 4.79 Å². The van der Waals surface area contributed by atoms with Crippen LogP contribution in [0.15, 0.2) is 72.9 Å². The molecule has 0 amide bonds. The summed E-state index contributed by atoms with van der Waals surface area (Å²) in [7, 11) is 4.00. The van der Waals surface area contributed by atoms with Crippen LogP contribution in [-0.4, -0.2) is 19.9 Å². The van der Waals surface area contributed by atoms with Gasteiger partial charge in [-0.05, 0) is 35.9 Å². The number of nitrogens with one attached hydrogen (secondary N) is 1. The molecule has 0 unspecified atom stereocenters. The summed E-state index contributed by atoms with van der Waals surface area (Å²) in [5.41, 5.74) is 3.09. The predicted octanol–water partition coefficient (Wildman–Crippen LogP) is 3.96. The summed E-state index contributed by atoms with van der Waals surface area (Å²) in [5, 5.41) is 3.05. The Hall–Kier alpha value is -2.81. The lowest BCUT2D eigenvalue weighted by atomic mass is 10.1. The van der Waals surface area contributed by atoms with E-state index >= 15 is 0 Å². The van der Waals surface area contributed by atoms with Gasteiger partial charge in [0.25, 0.3) is 0 Å². The SMILES string of the molecule is CN(C)c1ccc(/C=C/C(=O)/C=C/Nc2ccccc2)cc1. The van der Waals surface area contributed by atoms with Crippen LogP contribution >= 0.6 is 0 Å². The van der Waals surface area contributed by atoms with Crippen molar-refractivity contribution in [1.82, 2.24) is 0 Å². The number of carbonyl (C=O) groups excluding carboxylic acids is 1. The number of carbonyl (C=O) groups is 1. The number of ketones is 1. The largest absolute Gasteiger partial charge is 0.378 e. The molecular formula is C19H20N2O. The summed E-state index contributed by atoms with van der Waals surface area (Å²) in [6, 6.07) is 17.7. The topological polar surface area (TPSA) is 32.3 Å². The zero-order valence-corrected chi connectivity index (χ0v) is 12.9. The molecule has 0 saturated heterocycles. The van der Waals surface area contributed by atoms with E-state index < -0.39 is 0 Å². The molecule has 0 aliphatic rings. The molecule has 0 radical (unpaired) electrons. The molecular weight excluding hydrogens is 272 g/mol. The van der Waals surface area contributed by atoms with Crippen LogP contribution in [0.2, 0.25) is 0 Å². The molecule has 0 aliphatic carbocycles. The third kappa shape index (κ3) is 4.94. The maximum Gasteiger partial charge on any atom is 0.180 e. The average Bonchev–Trinajstić information content (AvgIpc) is 2.54. The summed E-state index contributed by atoms with van der Waals surface area (Å²) in [6.07, 6.45) is 6.54. The monoisotopic (exact) mass is 292 g/mol. The summed E-state index contributed by atoms with van der Waals surface area (Å²) >= 11 is 0. The second-order valence-corrected chi connectivity index (χ2v) is 5.07. The molecule has 0 spiro atoms. The maximum absolute atomic E-state index is 11.8. The van der Waals surface area contributed by atoms with Crippen molar-refractivity contribution in [1.29, 1.82) is 0 Å². The van der Waals surface area contributed by atoms with Crippen LogP contribution in [0.3, 0.4) is 0 Å². The standard InChI is InChI=1S/C19H20N2O/c1-21(2)18-11-8-16(9-12-18)10-13-19(22)14-15-20-17-6-4-3-5-7-17/h3-15,20H,1-2H3/b13-10+,15-14+. The van der Waals surface area contributed by atoms with E-state index in [0.717, 1.165) is 16.9 Å². The van der Waals surface area contributed by atoms with Crippen LogP contribution in [0.4, 0.5) is 11.4 Å². The number of rotatable bonds is 6. The van der Waals surface area contributed by atoms with Gasteiger partial charge in [0.05, 0.1) is 0 Å². The fourth-order valence-electron chi connectivity index (χ4n) is 1.87. The lowest BCUT2D eigenvalue weighted by Gasteiger charge is -2.11. The van der Waals surface area contributed by atoms with Gasteiger partial charge >= 0.3 is 0 Å². The molecule has 1 N–H and O–H groups in total.